The van der Waals surface area contributed by atoms with Crippen molar-refractivity contribution in [2.24, 2.45) is 0 Å². The summed E-state index contributed by atoms with van der Waals surface area (Å²) in [6.45, 7) is 0. The molecular weight excluding hydrogens is 281 g/mol. The SMILES string of the molecule is N#Cc1ccccc1NS(=O)(=O)c1ccc(N)cc1F. The molecule has 2 rings (SSSR count). The second-order valence-corrected chi connectivity index (χ2v) is 5.60. The fraction of sp³-hybridized carbons (Fsp3) is 0. The lowest BCUT2D eigenvalue weighted by molar-refractivity contribution is 0.571. The first-order chi connectivity index (χ1) is 9.44. The molecule has 0 unspecified atom stereocenters. The van der Waals surface area contributed by atoms with E-state index in [1.54, 1.807) is 12.1 Å². The largest absolute Gasteiger partial charge is 0.399 e. The van der Waals surface area contributed by atoms with Gasteiger partial charge in [-0.15, -0.1) is 0 Å². The van der Waals surface area contributed by atoms with Crippen LogP contribution in [0, 0.1) is 17.1 Å². The van der Waals surface area contributed by atoms with Gasteiger partial charge in [0.1, 0.15) is 16.8 Å². The monoisotopic (exact) mass is 291 g/mol. The molecule has 20 heavy (non-hydrogen) atoms. The Labute approximate surface area is 115 Å². The Bertz CT molecular complexity index is 798. The third-order valence-electron chi connectivity index (χ3n) is 2.54. The summed E-state index contributed by atoms with van der Waals surface area (Å²) in [4.78, 5) is -0.528. The van der Waals surface area contributed by atoms with Crippen molar-refractivity contribution in [2.45, 2.75) is 4.90 Å². The molecule has 0 aliphatic heterocycles. The summed E-state index contributed by atoms with van der Waals surface area (Å²) in [6, 6.07) is 11.2. The van der Waals surface area contributed by atoms with Crippen LogP contribution in [0.3, 0.4) is 0 Å². The third-order valence-corrected chi connectivity index (χ3v) is 3.94. The van der Waals surface area contributed by atoms with Crippen molar-refractivity contribution in [3.63, 3.8) is 0 Å². The Hall–Kier alpha value is -2.59. The first-order valence-corrected chi connectivity index (χ1v) is 6.99. The smallest absolute Gasteiger partial charge is 0.264 e. The number of halogens is 1. The molecule has 0 heterocycles. The van der Waals surface area contributed by atoms with Gasteiger partial charge in [-0.05, 0) is 30.3 Å². The van der Waals surface area contributed by atoms with Crippen molar-refractivity contribution in [3.8, 4) is 6.07 Å². The van der Waals surface area contributed by atoms with Crippen LogP contribution < -0.4 is 10.5 Å². The van der Waals surface area contributed by atoms with E-state index >= 15 is 0 Å². The zero-order chi connectivity index (χ0) is 14.8. The highest BCUT2D eigenvalue weighted by molar-refractivity contribution is 7.92. The van der Waals surface area contributed by atoms with Gasteiger partial charge in [0.05, 0.1) is 11.3 Å². The number of nitriles is 1. The van der Waals surface area contributed by atoms with E-state index in [0.717, 1.165) is 12.1 Å². The lowest BCUT2D eigenvalue weighted by Crippen LogP contribution is -2.15. The van der Waals surface area contributed by atoms with Gasteiger partial charge in [-0.1, -0.05) is 12.1 Å². The third kappa shape index (κ3) is 2.70. The van der Waals surface area contributed by atoms with Crippen molar-refractivity contribution in [1.82, 2.24) is 0 Å². The summed E-state index contributed by atoms with van der Waals surface area (Å²) in [5.41, 5.74) is 5.73. The van der Waals surface area contributed by atoms with Crippen LogP contribution in [0.4, 0.5) is 15.8 Å². The Morgan fingerprint density at radius 3 is 2.55 bits per heavy atom. The molecule has 0 amide bonds. The first-order valence-electron chi connectivity index (χ1n) is 5.51. The zero-order valence-corrected chi connectivity index (χ0v) is 11.0. The van der Waals surface area contributed by atoms with E-state index in [2.05, 4.69) is 4.72 Å². The molecule has 3 N–H and O–H groups in total. The first kappa shape index (κ1) is 13.8. The number of benzene rings is 2. The van der Waals surface area contributed by atoms with Gasteiger partial charge in [0.2, 0.25) is 0 Å². The predicted octanol–water partition coefficient (Wildman–Crippen LogP) is 2.08. The number of anilines is 2. The van der Waals surface area contributed by atoms with E-state index in [4.69, 9.17) is 11.0 Å². The number of nitrogens with two attached hydrogens (primary N) is 1. The molecule has 0 aromatic heterocycles. The number of nitrogens with zero attached hydrogens (tertiary/aromatic N) is 1. The van der Waals surface area contributed by atoms with E-state index in [9.17, 15) is 12.8 Å². The number of hydrogen-bond donors (Lipinski definition) is 2. The molecule has 7 heteroatoms. The molecule has 0 aliphatic rings. The van der Waals surface area contributed by atoms with Gasteiger partial charge in [0.25, 0.3) is 10.0 Å². The fourth-order valence-electron chi connectivity index (χ4n) is 1.60. The molecule has 2 aromatic rings. The normalized spacial score (nSPS) is 10.8. The van der Waals surface area contributed by atoms with Gasteiger partial charge in [0.15, 0.2) is 0 Å². The summed E-state index contributed by atoms with van der Waals surface area (Å²) >= 11 is 0. The molecule has 0 saturated carbocycles. The van der Waals surface area contributed by atoms with Crippen molar-refractivity contribution in [1.29, 1.82) is 5.26 Å². The molecule has 0 fully saturated rings. The average molecular weight is 291 g/mol. The van der Waals surface area contributed by atoms with E-state index in [-0.39, 0.29) is 16.9 Å². The number of para-hydroxylation sites is 1. The average Bonchev–Trinajstić information content (AvgIpc) is 2.38. The molecule has 0 radical (unpaired) electrons. The summed E-state index contributed by atoms with van der Waals surface area (Å²) in [5, 5.41) is 8.90. The maximum absolute atomic E-state index is 13.7. The summed E-state index contributed by atoms with van der Waals surface area (Å²) in [5.74, 6) is -0.952. The number of sulfonamides is 1. The predicted molar refractivity (Wildman–Crippen MR) is 72.8 cm³/mol. The molecule has 0 spiro atoms. The summed E-state index contributed by atoms with van der Waals surface area (Å²) in [7, 11) is -4.13. The molecule has 0 aliphatic carbocycles. The number of nitrogens with one attached hydrogen (secondary N) is 1. The number of nitrogen functional groups attached to an aromatic ring is 1. The summed E-state index contributed by atoms with van der Waals surface area (Å²) < 4.78 is 40.1. The molecule has 5 nitrogen and oxygen atoms in total. The maximum Gasteiger partial charge on any atom is 0.264 e. The Kier molecular flexibility index (Phi) is 3.59. The Balaban J connectivity index is 2.44. The second-order valence-electron chi connectivity index (χ2n) is 3.95. The van der Waals surface area contributed by atoms with Crippen LogP contribution in [-0.4, -0.2) is 8.42 Å². The molecule has 0 atom stereocenters. The second kappa shape index (κ2) is 5.19. The van der Waals surface area contributed by atoms with Gasteiger partial charge in [0, 0.05) is 5.69 Å². The van der Waals surface area contributed by atoms with Crippen molar-refractivity contribution in [2.75, 3.05) is 10.5 Å². The van der Waals surface area contributed by atoms with E-state index in [0.29, 0.717) is 0 Å². The minimum Gasteiger partial charge on any atom is -0.399 e. The Morgan fingerprint density at radius 1 is 1.20 bits per heavy atom. The summed E-state index contributed by atoms with van der Waals surface area (Å²) in [6.07, 6.45) is 0. The van der Waals surface area contributed by atoms with Crippen molar-refractivity contribution >= 4 is 21.4 Å². The quantitative estimate of drug-likeness (QED) is 0.846. The fourth-order valence-corrected chi connectivity index (χ4v) is 2.74. The van der Waals surface area contributed by atoms with Crippen molar-refractivity contribution in [3.05, 3.63) is 53.8 Å². The zero-order valence-electron chi connectivity index (χ0n) is 10.2. The van der Waals surface area contributed by atoms with Crippen LogP contribution in [0.2, 0.25) is 0 Å². The molecule has 102 valence electrons. The molecular formula is C13H10FN3O2S. The molecule has 0 saturated heterocycles. The lowest BCUT2D eigenvalue weighted by Gasteiger charge is -2.10. The highest BCUT2D eigenvalue weighted by Crippen LogP contribution is 2.22. The lowest BCUT2D eigenvalue weighted by atomic mass is 10.2. The highest BCUT2D eigenvalue weighted by Gasteiger charge is 2.20. The topological polar surface area (TPSA) is 96.0 Å². The standard InChI is InChI=1S/C13H10FN3O2S/c14-11-7-10(16)5-6-13(11)20(18,19)17-12-4-2-1-3-9(12)8-15/h1-7,17H,16H2. The minimum atomic E-state index is -4.13. The number of rotatable bonds is 3. The van der Waals surface area contributed by atoms with Crippen LogP contribution in [0.1, 0.15) is 5.56 Å². The van der Waals surface area contributed by atoms with Crippen LogP contribution in [0.25, 0.3) is 0 Å². The van der Waals surface area contributed by atoms with Gasteiger partial charge >= 0.3 is 0 Å². The van der Waals surface area contributed by atoms with Gasteiger partial charge < -0.3 is 5.73 Å². The molecule has 0 bridgehead atoms. The van der Waals surface area contributed by atoms with Gasteiger partial charge in [-0.25, -0.2) is 12.8 Å². The number of hydrogen-bond acceptors (Lipinski definition) is 4. The highest BCUT2D eigenvalue weighted by atomic mass is 32.2. The van der Waals surface area contributed by atoms with E-state index in [1.165, 1.54) is 18.2 Å². The van der Waals surface area contributed by atoms with Crippen LogP contribution in [-0.2, 0) is 10.0 Å². The van der Waals surface area contributed by atoms with Gasteiger partial charge in [-0.2, -0.15) is 5.26 Å². The van der Waals surface area contributed by atoms with Crippen LogP contribution in [0.5, 0.6) is 0 Å². The van der Waals surface area contributed by atoms with Gasteiger partial charge in [-0.3, -0.25) is 4.72 Å². The van der Waals surface area contributed by atoms with Crippen molar-refractivity contribution < 1.29 is 12.8 Å². The Morgan fingerprint density at radius 2 is 1.90 bits per heavy atom. The van der Waals surface area contributed by atoms with E-state index < -0.39 is 20.7 Å². The maximum atomic E-state index is 13.7. The minimum absolute atomic E-state index is 0.0891. The van der Waals surface area contributed by atoms with Crippen LogP contribution in [0.15, 0.2) is 47.4 Å². The van der Waals surface area contributed by atoms with Crippen LogP contribution >= 0.6 is 0 Å². The molecule has 2 aromatic carbocycles. The van der Waals surface area contributed by atoms with E-state index in [1.807, 2.05) is 6.07 Å².